The fourth-order valence-corrected chi connectivity index (χ4v) is 2.29. The molecule has 3 N–H and O–H groups in total. The second kappa shape index (κ2) is 6.76. The monoisotopic (exact) mass is 291 g/mol. The summed E-state index contributed by atoms with van der Waals surface area (Å²) in [7, 11) is 0. The van der Waals surface area contributed by atoms with Gasteiger partial charge in [-0.25, -0.2) is 9.97 Å². The number of rotatable bonds is 8. The molecule has 0 saturated heterocycles. The van der Waals surface area contributed by atoms with Gasteiger partial charge in [0.15, 0.2) is 11.5 Å². The molecule has 2 heterocycles. The molecule has 116 valence electrons. The van der Waals surface area contributed by atoms with E-state index in [-0.39, 0.29) is 12.0 Å². The van der Waals surface area contributed by atoms with Gasteiger partial charge in [-0.05, 0) is 25.2 Å². The lowest BCUT2D eigenvalue weighted by Crippen LogP contribution is -2.24. The van der Waals surface area contributed by atoms with Crippen LogP contribution in [0.5, 0.6) is 0 Å². The molecule has 6 nitrogen and oxygen atoms in total. The van der Waals surface area contributed by atoms with Crippen molar-refractivity contribution in [1.29, 1.82) is 0 Å². The Morgan fingerprint density at radius 2 is 2.14 bits per heavy atom. The number of nitrogens with zero attached hydrogens (tertiary/aromatic N) is 3. The summed E-state index contributed by atoms with van der Waals surface area (Å²) in [6.07, 6.45) is 7.41. The van der Waals surface area contributed by atoms with Gasteiger partial charge in [-0.3, -0.25) is 0 Å². The molecule has 0 atom stereocenters. The van der Waals surface area contributed by atoms with Gasteiger partial charge in [-0.1, -0.05) is 13.8 Å². The molecule has 0 fully saturated rings. The summed E-state index contributed by atoms with van der Waals surface area (Å²) >= 11 is 0. The molecule has 6 heteroatoms. The standard InChI is InChI=1S/C15H25N5O/c1-4-16-12-10-20-8-7-17-14(20)13(19-12)18-11-15(2,3)6-5-9-21/h7-8,10,16,21H,4-6,9,11H2,1-3H3,(H,18,19). The third-order valence-corrected chi connectivity index (χ3v) is 3.48. The van der Waals surface area contributed by atoms with E-state index in [0.717, 1.165) is 43.2 Å². The van der Waals surface area contributed by atoms with Gasteiger partial charge in [-0.15, -0.1) is 0 Å². The van der Waals surface area contributed by atoms with Crippen LogP contribution in [0.3, 0.4) is 0 Å². The molecular weight excluding hydrogens is 266 g/mol. The normalized spacial score (nSPS) is 11.8. The summed E-state index contributed by atoms with van der Waals surface area (Å²) in [6, 6.07) is 0. The van der Waals surface area contributed by atoms with Crippen LogP contribution in [0, 0.1) is 5.41 Å². The number of anilines is 2. The van der Waals surface area contributed by atoms with Crippen molar-refractivity contribution in [2.45, 2.75) is 33.6 Å². The van der Waals surface area contributed by atoms with Crippen molar-refractivity contribution >= 4 is 17.3 Å². The minimum atomic E-state index is 0.0994. The van der Waals surface area contributed by atoms with Crippen LogP contribution in [-0.4, -0.2) is 39.2 Å². The lowest BCUT2D eigenvalue weighted by molar-refractivity contribution is 0.248. The first-order valence-corrected chi connectivity index (χ1v) is 7.48. The highest BCUT2D eigenvalue weighted by molar-refractivity contribution is 5.65. The van der Waals surface area contributed by atoms with Crippen LogP contribution in [-0.2, 0) is 0 Å². The lowest BCUT2D eigenvalue weighted by atomic mass is 9.88. The topological polar surface area (TPSA) is 74.5 Å². The second-order valence-electron chi connectivity index (χ2n) is 6.01. The summed E-state index contributed by atoms with van der Waals surface area (Å²) in [5, 5.41) is 15.6. The number of aromatic nitrogens is 3. The Bertz CT molecular complexity index is 578. The Labute approximate surface area is 125 Å². The first-order chi connectivity index (χ1) is 10.1. The Balaban J connectivity index is 2.15. The smallest absolute Gasteiger partial charge is 0.180 e. The van der Waals surface area contributed by atoms with Gasteiger partial charge in [0, 0.05) is 32.1 Å². The van der Waals surface area contributed by atoms with Crippen molar-refractivity contribution in [3.8, 4) is 0 Å². The minimum Gasteiger partial charge on any atom is -0.396 e. The van der Waals surface area contributed by atoms with Crippen LogP contribution in [0.4, 0.5) is 11.6 Å². The van der Waals surface area contributed by atoms with Crippen LogP contribution >= 0.6 is 0 Å². The van der Waals surface area contributed by atoms with Crippen molar-refractivity contribution in [3.05, 3.63) is 18.6 Å². The highest BCUT2D eigenvalue weighted by Gasteiger charge is 2.18. The van der Waals surface area contributed by atoms with E-state index in [4.69, 9.17) is 5.11 Å². The largest absolute Gasteiger partial charge is 0.396 e. The van der Waals surface area contributed by atoms with Crippen molar-refractivity contribution < 1.29 is 5.11 Å². The first-order valence-electron chi connectivity index (χ1n) is 7.48. The number of nitrogens with one attached hydrogen (secondary N) is 2. The molecule has 0 spiro atoms. The van der Waals surface area contributed by atoms with E-state index in [1.807, 2.05) is 23.7 Å². The van der Waals surface area contributed by atoms with Crippen molar-refractivity contribution in [1.82, 2.24) is 14.4 Å². The molecule has 2 rings (SSSR count). The van der Waals surface area contributed by atoms with E-state index in [0.29, 0.717) is 0 Å². The fourth-order valence-electron chi connectivity index (χ4n) is 2.29. The zero-order valence-corrected chi connectivity index (χ0v) is 13.1. The van der Waals surface area contributed by atoms with Crippen LogP contribution in [0.2, 0.25) is 0 Å². The number of aliphatic hydroxyl groups is 1. The SMILES string of the molecule is CCNc1cn2ccnc2c(NCC(C)(C)CCCO)n1. The average Bonchev–Trinajstić information content (AvgIpc) is 2.91. The first kappa shape index (κ1) is 15.6. The van der Waals surface area contributed by atoms with Crippen molar-refractivity contribution in [3.63, 3.8) is 0 Å². The number of hydrogen-bond acceptors (Lipinski definition) is 5. The van der Waals surface area contributed by atoms with E-state index in [1.54, 1.807) is 6.20 Å². The number of imidazole rings is 1. The van der Waals surface area contributed by atoms with Gasteiger partial charge in [0.25, 0.3) is 0 Å². The van der Waals surface area contributed by atoms with E-state index in [9.17, 15) is 0 Å². The lowest BCUT2D eigenvalue weighted by Gasteiger charge is -2.25. The van der Waals surface area contributed by atoms with E-state index < -0.39 is 0 Å². The maximum Gasteiger partial charge on any atom is 0.180 e. The van der Waals surface area contributed by atoms with Gasteiger partial charge >= 0.3 is 0 Å². The third kappa shape index (κ3) is 4.07. The van der Waals surface area contributed by atoms with E-state index >= 15 is 0 Å². The number of fused-ring (bicyclic) bond motifs is 1. The quantitative estimate of drug-likeness (QED) is 0.696. The third-order valence-electron chi connectivity index (χ3n) is 3.48. The van der Waals surface area contributed by atoms with Gasteiger partial charge < -0.3 is 20.1 Å². The minimum absolute atomic E-state index is 0.0994. The molecule has 2 aromatic rings. The van der Waals surface area contributed by atoms with Crippen molar-refractivity contribution in [2.24, 2.45) is 5.41 Å². The molecular formula is C15H25N5O. The maximum atomic E-state index is 8.97. The zero-order valence-electron chi connectivity index (χ0n) is 13.1. The molecule has 0 aliphatic rings. The molecule has 0 aliphatic heterocycles. The molecule has 0 bridgehead atoms. The Kier molecular flexibility index (Phi) is 5.01. The predicted molar refractivity (Wildman–Crippen MR) is 85.7 cm³/mol. The van der Waals surface area contributed by atoms with Gasteiger partial charge in [0.05, 0.1) is 6.20 Å². The molecule has 21 heavy (non-hydrogen) atoms. The molecule has 0 aliphatic carbocycles. The molecule has 0 aromatic carbocycles. The zero-order chi connectivity index (χ0) is 15.3. The average molecular weight is 291 g/mol. The second-order valence-corrected chi connectivity index (χ2v) is 6.01. The molecule has 0 unspecified atom stereocenters. The van der Waals surface area contributed by atoms with Gasteiger partial charge in [0.2, 0.25) is 0 Å². The summed E-state index contributed by atoms with van der Waals surface area (Å²) in [5.74, 6) is 1.62. The van der Waals surface area contributed by atoms with Crippen LogP contribution in [0.15, 0.2) is 18.6 Å². The summed E-state index contributed by atoms with van der Waals surface area (Å²) in [5.41, 5.74) is 0.928. The van der Waals surface area contributed by atoms with Crippen LogP contribution in [0.25, 0.3) is 5.65 Å². The highest BCUT2D eigenvalue weighted by atomic mass is 16.2. The molecule has 0 saturated carbocycles. The molecule has 0 amide bonds. The Morgan fingerprint density at radius 1 is 1.33 bits per heavy atom. The van der Waals surface area contributed by atoms with E-state index in [2.05, 4.69) is 34.4 Å². The van der Waals surface area contributed by atoms with E-state index in [1.165, 1.54) is 0 Å². The van der Waals surface area contributed by atoms with Crippen LogP contribution in [0.1, 0.15) is 33.6 Å². The molecule has 0 radical (unpaired) electrons. The number of aliphatic hydroxyl groups excluding tert-OH is 1. The number of hydrogen-bond donors (Lipinski definition) is 3. The van der Waals surface area contributed by atoms with Gasteiger partial charge in [0.1, 0.15) is 5.82 Å². The van der Waals surface area contributed by atoms with Gasteiger partial charge in [-0.2, -0.15) is 0 Å². The maximum absolute atomic E-state index is 8.97. The Hall–Kier alpha value is -1.82. The summed E-state index contributed by atoms with van der Waals surface area (Å²) in [6.45, 7) is 8.28. The molecule has 2 aromatic heterocycles. The van der Waals surface area contributed by atoms with Crippen LogP contribution < -0.4 is 10.6 Å². The Morgan fingerprint density at radius 3 is 2.86 bits per heavy atom. The fraction of sp³-hybridized carbons (Fsp3) is 0.600. The summed E-state index contributed by atoms with van der Waals surface area (Å²) < 4.78 is 1.97. The highest BCUT2D eigenvalue weighted by Crippen LogP contribution is 2.24. The summed E-state index contributed by atoms with van der Waals surface area (Å²) in [4.78, 5) is 8.94. The predicted octanol–water partition coefficient (Wildman–Crippen LogP) is 2.37. The van der Waals surface area contributed by atoms with Crippen molar-refractivity contribution in [2.75, 3.05) is 30.3 Å².